The van der Waals surface area contributed by atoms with Gasteiger partial charge in [0.15, 0.2) is 11.0 Å². The summed E-state index contributed by atoms with van der Waals surface area (Å²) in [6.45, 7) is 5.54. The normalized spacial score (nSPS) is 23.3. The summed E-state index contributed by atoms with van der Waals surface area (Å²) in [5, 5.41) is 10.1. The number of anilines is 1. The van der Waals surface area contributed by atoms with Crippen molar-refractivity contribution in [1.82, 2.24) is 14.9 Å². The van der Waals surface area contributed by atoms with Gasteiger partial charge in [-0.25, -0.2) is 9.97 Å². The highest BCUT2D eigenvalue weighted by molar-refractivity contribution is 7.98. The standard InChI is InChI=1S/C15H21N5OS/c1-22-15-17-10-12(9-16)14(18-15)20-4-2-3-13(11-20)19-5-7-21-8-6-19/h10,13H,2-8,11H2,1H3. The fourth-order valence-electron chi connectivity index (χ4n) is 3.16. The van der Waals surface area contributed by atoms with Crippen LogP contribution < -0.4 is 4.90 Å². The Bertz CT molecular complexity index is 555. The van der Waals surface area contributed by atoms with Crippen LogP contribution in [0.4, 0.5) is 5.82 Å². The van der Waals surface area contributed by atoms with Crippen LogP contribution >= 0.6 is 11.8 Å². The number of ether oxygens (including phenoxy) is 1. The second-order valence-corrected chi connectivity index (χ2v) is 6.37. The van der Waals surface area contributed by atoms with Gasteiger partial charge in [0.1, 0.15) is 11.6 Å². The van der Waals surface area contributed by atoms with Crippen LogP contribution in [0, 0.1) is 11.3 Å². The third kappa shape index (κ3) is 3.35. The summed E-state index contributed by atoms with van der Waals surface area (Å²) in [6.07, 6.45) is 5.94. The van der Waals surface area contributed by atoms with Crippen molar-refractivity contribution >= 4 is 17.6 Å². The summed E-state index contributed by atoms with van der Waals surface area (Å²) in [7, 11) is 0. The van der Waals surface area contributed by atoms with Gasteiger partial charge in [0, 0.05) is 32.2 Å². The third-order valence-corrected chi connectivity index (χ3v) is 4.87. The number of morpholine rings is 1. The number of rotatable bonds is 3. The number of aromatic nitrogens is 2. The number of piperidine rings is 1. The SMILES string of the molecule is CSc1ncc(C#N)c(N2CCCC(N3CCOCC3)C2)n1. The number of nitriles is 1. The van der Waals surface area contributed by atoms with E-state index in [1.54, 1.807) is 6.20 Å². The molecule has 0 bridgehead atoms. The number of nitrogens with zero attached hydrogens (tertiary/aromatic N) is 5. The highest BCUT2D eigenvalue weighted by Gasteiger charge is 2.28. The van der Waals surface area contributed by atoms with Crippen molar-refractivity contribution in [3.05, 3.63) is 11.8 Å². The molecule has 2 aliphatic heterocycles. The van der Waals surface area contributed by atoms with Gasteiger partial charge in [-0.1, -0.05) is 11.8 Å². The number of thioether (sulfide) groups is 1. The van der Waals surface area contributed by atoms with Crippen molar-refractivity contribution in [3.8, 4) is 6.07 Å². The van der Waals surface area contributed by atoms with Gasteiger partial charge in [0.25, 0.3) is 0 Å². The molecule has 0 saturated carbocycles. The average Bonchev–Trinajstić information content (AvgIpc) is 2.62. The lowest BCUT2D eigenvalue weighted by Crippen LogP contribution is -2.52. The van der Waals surface area contributed by atoms with Crippen molar-refractivity contribution in [1.29, 1.82) is 5.26 Å². The van der Waals surface area contributed by atoms with Crippen molar-refractivity contribution in [2.75, 3.05) is 50.5 Å². The molecule has 2 fully saturated rings. The minimum atomic E-state index is 0.525. The minimum absolute atomic E-state index is 0.525. The van der Waals surface area contributed by atoms with Gasteiger partial charge in [-0.2, -0.15) is 5.26 Å². The molecule has 0 N–H and O–H groups in total. The first-order valence-electron chi connectivity index (χ1n) is 7.69. The van der Waals surface area contributed by atoms with Gasteiger partial charge >= 0.3 is 0 Å². The minimum Gasteiger partial charge on any atom is -0.379 e. The van der Waals surface area contributed by atoms with Gasteiger partial charge in [-0.15, -0.1) is 0 Å². The van der Waals surface area contributed by atoms with E-state index < -0.39 is 0 Å². The summed E-state index contributed by atoms with van der Waals surface area (Å²) >= 11 is 1.51. The molecule has 0 amide bonds. The van der Waals surface area contributed by atoms with Crippen LogP contribution in [0.3, 0.4) is 0 Å². The van der Waals surface area contributed by atoms with Gasteiger partial charge in [-0.3, -0.25) is 4.90 Å². The molecular weight excluding hydrogens is 298 g/mol. The van der Waals surface area contributed by atoms with Gasteiger partial charge in [0.05, 0.1) is 19.4 Å². The highest BCUT2D eigenvalue weighted by Crippen LogP contribution is 2.25. The quantitative estimate of drug-likeness (QED) is 0.616. The second kappa shape index (κ2) is 7.27. The summed E-state index contributed by atoms with van der Waals surface area (Å²) < 4.78 is 5.45. The molecule has 1 unspecified atom stereocenters. The zero-order chi connectivity index (χ0) is 15.4. The fraction of sp³-hybridized carbons (Fsp3) is 0.667. The van der Waals surface area contributed by atoms with E-state index in [1.165, 1.54) is 18.2 Å². The van der Waals surface area contributed by atoms with Crippen LogP contribution in [-0.4, -0.2) is 66.6 Å². The first-order valence-corrected chi connectivity index (χ1v) is 8.92. The van der Waals surface area contributed by atoms with Crippen LogP contribution in [0.1, 0.15) is 18.4 Å². The van der Waals surface area contributed by atoms with E-state index in [4.69, 9.17) is 4.74 Å². The smallest absolute Gasteiger partial charge is 0.189 e. The molecule has 3 rings (SSSR count). The Hall–Kier alpha value is -1.36. The average molecular weight is 319 g/mol. The molecule has 0 spiro atoms. The van der Waals surface area contributed by atoms with Crippen molar-refractivity contribution in [2.24, 2.45) is 0 Å². The Labute approximate surface area is 135 Å². The van der Waals surface area contributed by atoms with Crippen LogP contribution in [0.2, 0.25) is 0 Å². The van der Waals surface area contributed by atoms with Crippen molar-refractivity contribution < 1.29 is 4.74 Å². The summed E-state index contributed by atoms with van der Waals surface area (Å²) in [5.74, 6) is 0.791. The molecule has 1 atom stereocenters. The van der Waals surface area contributed by atoms with E-state index in [0.29, 0.717) is 11.6 Å². The Morgan fingerprint density at radius 1 is 1.36 bits per heavy atom. The predicted octanol–water partition coefficient (Wildman–Crippen LogP) is 1.37. The Morgan fingerprint density at radius 3 is 2.91 bits per heavy atom. The molecule has 0 radical (unpaired) electrons. The van der Waals surface area contributed by atoms with Gasteiger partial charge in [-0.05, 0) is 19.1 Å². The van der Waals surface area contributed by atoms with Crippen LogP contribution in [0.25, 0.3) is 0 Å². The van der Waals surface area contributed by atoms with E-state index in [2.05, 4.69) is 25.8 Å². The van der Waals surface area contributed by atoms with E-state index in [0.717, 1.165) is 56.8 Å². The summed E-state index contributed by atoms with van der Waals surface area (Å²) in [5.41, 5.74) is 0.570. The van der Waals surface area contributed by atoms with E-state index in [-0.39, 0.29) is 0 Å². The number of hydrogen-bond donors (Lipinski definition) is 0. The molecular formula is C15H21N5OS. The largest absolute Gasteiger partial charge is 0.379 e. The lowest BCUT2D eigenvalue weighted by Gasteiger charge is -2.41. The molecule has 0 aromatic carbocycles. The monoisotopic (exact) mass is 319 g/mol. The van der Waals surface area contributed by atoms with E-state index in [1.807, 2.05) is 6.26 Å². The molecule has 22 heavy (non-hydrogen) atoms. The fourth-order valence-corrected chi connectivity index (χ4v) is 3.50. The van der Waals surface area contributed by atoms with Crippen molar-refractivity contribution in [3.63, 3.8) is 0 Å². The zero-order valence-corrected chi connectivity index (χ0v) is 13.7. The van der Waals surface area contributed by atoms with Crippen molar-refractivity contribution in [2.45, 2.75) is 24.0 Å². The molecule has 1 aromatic rings. The third-order valence-electron chi connectivity index (χ3n) is 4.31. The molecule has 1 aromatic heterocycles. The number of hydrogen-bond acceptors (Lipinski definition) is 7. The summed E-state index contributed by atoms with van der Waals surface area (Å²) in [6, 6.07) is 2.75. The first kappa shape index (κ1) is 15.5. The Morgan fingerprint density at radius 2 is 2.18 bits per heavy atom. The topological polar surface area (TPSA) is 65.3 Å². The lowest BCUT2D eigenvalue weighted by atomic mass is 10.0. The second-order valence-electron chi connectivity index (χ2n) is 5.60. The molecule has 2 aliphatic rings. The maximum absolute atomic E-state index is 9.34. The molecule has 7 heteroatoms. The lowest BCUT2D eigenvalue weighted by molar-refractivity contribution is 0.0136. The molecule has 118 valence electrons. The van der Waals surface area contributed by atoms with E-state index in [9.17, 15) is 5.26 Å². The van der Waals surface area contributed by atoms with Crippen LogP contribution in [0.15, 0.2) is 11.4 Å². The molecule has 0 aliphatic carbocycles. The van der Waals surface area contributed by atoms with Crippen LogP contribution in [-0.2, 0) is 4.74 Å². The first-order chi connectivity index (χ1) is 10.8. The van der Waals surface area contributed by atoms with Gasteiger partial charge < -0.3 is 9.64 Å². The molecule has 2 saturated heterocycles. The van der Waals surface area contributed by atoms with Gasteiger partial charge in [0.2, 0.25) is 0 Å². The Kier molecular flexibility index (Phi) is 5.13. The predicted molar refractivity (Wildman–Crippen MR) is 86.2 cm³/mol. The molecule has 6 nitrogen and oxygen atoms in total. The maximum Gasteiger partial charge on any atom is 0.189 e. The van der Waals surface area contributed by atoms with Crippen LogP contribution in [0.5, 0.6) is 0 Å². The maximum atomic E-state index is 9.34. The molecule has 3 heterocycles. The zero-order valence-electron chi connectivity index (χ0n) is 12.9. The summed E-state index contributed by atoms with van der Waals surface area (Å²) in [4.78, 5) is 13.6. The van der Waals surface area contributed by atoms with E-state index >= 15 is 0 Å². The highest BCUT2D eigenvalue weighted by atomic mass is 32.2. The Balaban J connectivity index is 1.78.